The van der Waals surface area contributed by atoms with Crippen molar-refractivity contribution in [3.8, 4) is 0 Å². The van der Waals surface area contributed by atoms with E-state index in [1.54, 1.807) is 30.3 Å². The lowest BCUT2D eigenvalue weighted by molar-refractivity contribution is -0.150. The van der Waals surface area contributed by atoms with Crippen molar-refractivity contribution in [3.63, 3.8) is 0 Å². The third-order valence-electron chi connectivity index (χ3n) is 3.50. The minimum Gasteiger partial charge on any atom is -0.481 e. The zero-order valence-electron chi connectivity index (χ0n) is 10.6. The minimum atomic E-state index is -0.854. The van der Waals surface area contributed by atoms with Gasteiger partial charge in [-0.2, -0.15) is 0 Å². The molecule has 0 bridgehead atoms. The van der Waals surface area contributed by atoms with Crippen molar-refractivity contribution in [2.75, 3.05) is 13.1 Å². The van der Waals surface area contributed by atoms with Gasteiger partial charge in [0.15, 0.2) is 0 Å². The van der Waals surface area contributed by atoms with Crippen LogP contribution in [0.3, 0.4) is 0 Å². The van der Waals surface area contributed by atoms with Crippen LogP contribution in [0.4, 0.5) is 0 Å². The van der Waals surface area contributed by atoms with Crippen LogP contribution in [0.25, 0.3) is 0 Å². The minimum absolute atomic E-state index is 0.151. The molecule has 1 aliphatic rings. The zero-order chi connectivity index (χ0) is 14.0. The van der Waals surface area contributed by atoms with Gasteiger partial charge in [0.2, 0.25) is 0 Å². The first-order chi connectivity index (χ1) is 8.94. The van der Waals surface area contributed by atoms with Gasteiger partial charge in [-0.15, -0.1) is 0 Å². The molecule has 102 valence electrons. The molecule has 19 heavy (non-hydrogen) atoms. The molecule has 5 nitrogen and oxygen atoms in total. The maximum atomic E-state index is 12.4. The Hall–Kier alpha value is -1.43. The van der Waals surface area contributed by atoms with Crippen LogP contribution in [-0.2, 0) is 4.79 Å². The molecule has 2 heterocycles. The molecular formula is C13H15BrN2O3. The second-order valence-electron chi connectivity index (χ2n) is 5.05. The van der Waals surface area contributed by atoms with Crippen LogP contribution in [0, 0.1) is 5.41 Å². The predicted molar refractivity (Wildman–Crippen MR) is 72.8 cm³/mol. The van der Waals surface area contributed by atoms with E-state index in [0.29, 0.717) is 29.4 Å². The van der Waals surface area contributed by atoms with Crippen LogP contribution in [0.1, 0.15) is 30.1 Å². The summed E-state index contributed by atoms with van der Waals surface area (Å²) in [4.78, 5) is 29.2. The smallest absolute Gasteiger partial charge is 0.311 e. The Balaban J connectivity index is 2.21. The summed E-state index contributed by atoms with van der Waals surface area (Å²) in [6.07, 6.45) is 4.42. The van der Waals surface area contributed by atoms with Crippen molar-refractivity contribution >= 4 is 27.8 Å². The second kappa shape index (κ2) is 5.28. The number of aliphatic carboxylic acids is 1. The molecule has 1 fully saturated rings. The lowest BCUT2D eigenvalue weighted by Gasteiger charge is -2.37. The number of nitrogens with zero attached hydrogens (tertiary/aromatic N) is 2. The molecule has 1 saturated heterocycles. The zero-order valence-corrected chi connectivity index (χ0v) is 12.2. The number of carbonyl (C=O) groups is 2. The maximum Gasteiger partial charge on any atom is 0.311 e. The van der Waals surface area contributed by atoms with E-state index < -0.39 is 11.4 Å². The molecule has 1 N–H and O–H groups in total. The molecule has 1 amide bonds. The van der Waals surface area contributed by atoms with Crippen LogP contribution in [-0.4, -0.2) is 40.0 Å². The Morgan fingerprint density at radius 2 is 2.26 bits per heavy atom. The highest BCUT2D eigenvalue weighted by molar-refractivity contribution is 9.10. The van der Waals surface area contributed by atoms with Gasteiger partial charge in [-0.3, -0.25) is 14.6 Å². The molecule has 0 aromatic carbocycles. The van der Waals surface area contributed by atoms with Gasteiger partial charge in [0, 0.05) is 30.0 Å². The van der Waals surface area contributed by atoms with Crippen molar-refractivity contribution in [1.29, 1.82) is 0 Å². The van der Waals surface area contributed by atoms with E-state index in [4.69, 9.17) is 0 Å². The van der Waals surface area contributed by atoms with E-state index in [9.17, 15) is 14.7 Å². The van der Waals surface area contributed by atoms with E-state index in [-0.39, 0.29) is 12.5 Å². The number of pyridine rings is 1. The summed E-state index contributed by atoms with van der Waals surface area (Å²) in [5.74, 6) is -1.000. The Morgan fingerprint density at radius 3 is 2.89 bits per heavy atom. The number of carboxylic acid groups (broad SMARTS) is 1. The number of halogens is 1. The average Bonchev–Trinajstić information content (AvgIpc) is 2.38. The van der Waals surface area contributed by atoms with Gasteiger partial charge in [-0.05, 0) is 41.8 Å². The van der Waals surface area contributed by atoms with Gasteiger partial charge in [-0.25, -0.2) is 0 Å². The summed E-state index contributed by atoms with van der Waals surface area (Å²) in [5, 5.41) is 9.26. The van der Waals surface area contributed by atoms with E-state index in [1.165, 1.54) is 0 Å². The summed E-state index contributed by atoms with van der Waals surface area (Å²) in [6.45, 7) is 2.53. The SMILES string of the molecule is CC1(C(=O)O)CCCN(C(=O)c2ccncc2Br)C1. The summed E-state index contributed by atoms with van der Waals surface area (Å²) < 4.78 is 0.627. The van der Waals surface area contributed by atoms with Gasteiger partial charge in [0.05, 0.1) is 11.0 Å². The summed E-state index contributed by atoms with van der Waals surface area (Å²) in [7, 11) is 0. The van der Waals surface area contributed by atoms with Gasteiger partial charge in [0.1, 0.15) is 0 Å². The number of piperidine rings is 1. The maximum absolute atomic E-state index is 12.4. The Morgan fingerprint density at radius 1 is 1.53 bits per heavy atom. The monoisotopic (exact) mass is 326 g/mol. The Labute approximate surface area is 119 Å². The van der Waals surface area contributed by atoms with Crippen LogP contribution in [0.2, 0.25) is 0 Å². The molecule has 1 unspecified atom stereocenters. The second-order valence-corrected chi connectivity index (χ2v) is 5.91. The van der Waals surface area contributed by atoms with E-state index in [2.05, 4.69) is 20.9 Å². The van der Waals surface area contributed by atoms with Crippen molar-refractivity contribution in [1.82, 2.24) is 9.88 Å². The van der Waals surface area contributed by atoms with E-state index >= 15 is 0 Å². The molecule has 0 spiro atoms. The largest absolute Gasteiger partial charge is 0.481 e. The lowest BCUT2D eigenvalue weighted by atomic mass is 9.82. The highest BCUT2D eigenvalue weighted by Gasteiger charge is 2.39. The first-order valence-corrected chi connectivity index (χ1v) is 6.85. The van der Waals surface area contributed by atoms with Crippen molar-refractivity contribution in [2.45, 2.75) is 19.8 Å². The fourth-order valence-corrected chi connectivity index (χ4v) is 2.73. The molecular weight excluding hydrogens is 312 g/mol. The molecule has 0 saturated carbocycles. The number of rotatable bonds is 2. The average molecular weight is 327 g/mol. The molecule has 2 rings (SSSR count). The Kier molecular flexibility index (Phi) is 3.89. The summed E-state index contributed by atoms with van der Waals surface area (Å²) in [5.41, 5.74) is -0.336. The molecule has 6 heteroatoms. The van der Waals surface area contributed by atoms with Crippen LogP contribution >= 0.6 is 15.9 Å². The Bertz CT molecular complexity index is 520. The van der Waals surface area contributed by atoms with Crippen LogP contribution in [0.5, 0.6) is 0 Å². The number of hydrogen-bond acceptors (Lipinski definition) is 3. The molecule has 0 aliphatic carbocycles. The first-order valence-electron chi connectivity index (χ1n) is 6.06. The van der Waals surface area contributed by atoms with E-state index in [1.807, 2.05) is 0 Å². The quantitative estimate of drug-likeness (QED) is 0.904. The predicted octanol–water partition coefficient (Wildman–Crippen LogP) is 2.17. The molecule has 0 radical (unpaired) electrons. The fraction of sp³-hybridized carbons (Fsp3) is 0.462. The third kappa shape index (κ3) is 2.78. The number of likely N-dealkylation sites (tertiary alicyclic amines) is 1. The highest BCUT2D eigenvalue weighted by atomic mass is 79.9. The third-order valence-corrected chi connectivity index (χ3v) is 4.13. The van der Waals surface area contributed by atoms with Gasteiger partial charge in [0.25, 0.3) is 5.91 Å². The molecule has 1 atom stereocenters. The van der Waals surface area contributed by atoms with Crippen LogP contribution in [0.15, 0.2) is 22.9 Å². The van der Waals surface area contributed by atoms with Gasteiger partial charge < -0.3 is 10.0 Å². The number of amides is 1. The fourth-order valence-electron chi connectivity index (χ4n) is 2.31. The number of aromatic nitrogens is 1. The van der Waals surface area contributed by atoms with Gasteiger partial charge >= 0.3 is 5.97 Å². The van der Waals surface area contributed by atoms with Crippen molar-refractivity contribution in [3.05, 3.63) is 28.5 Å². The van der Waals surface area contributed by atoms with Crippen molar-refractivity contribution < 1.29 is 14.7 Å². The molecule has 1 aromatic heterocycles. The topological polar surface area (TPSA) is 70.5 Å². The number of carboxylic acids is 1. The number of hydrogen-bond donors (Lipinski definition) is 1. The van der Waals surface area contributed by atoms with Crippen LogP contribution < -0.4 is 0 Å². The number of carbonyl (C=O) groups excluding carboxylic acids is 1. The normalized spacial score (nSPS) is 23.2. The highest BCUT2D eigenvalue weighted by Crippen LogP contribution is 2.31. The van der Waals surface area contributed by atoms with E-state index in [0.717, 1.165) is 0 Å². The first kappa shape index (κ1) is 14.0. The van der Waals surface area contributed by atoms with Gasteiger partial charge in [-0.1, -0.05) is 0 Å². The lowest BCUT2D eigenvalue weighted by Crippen LogP contribution is -2.48. The molecule has 1 aliphatic heterocycles. The summed E-state index contributed by atoms with van der Waals surface area (Å²) >= 11 is 3.29. The van der Waals surface area contributed by atoms with Crippen molar-refractivity contribution in [2.24, 2.45) is 5.41 Å². The molecule has 1 aromatic rings. The summed E-state index contributed by atoms with van der Waals surface area (Å²) in [6, 6.07) is 1.64. The standard InChI is InChI=1S/C13H15BrN2O3/c1-13(12(18)19)4-2-6-16(8-13)11(17)9-3-5-15-7-10(9)14/h3,5,7H,2,4,6,8H2,1H3,(H,18,19).